The summed E-state index contributed by atoms with van der Waals surface area (Å²) in [6.45, 7) is 5.92. The maximum absolute atomic E-state index is 11.5. The molecule has 5 heteroatoms. The zero-order valence-corrected chi connectivity index (χ0v) is 12.2. The Morgan fingerprint density at radius 1 is 1.65 bits per heavy atom. The maximum atomic E-state index is 11.5. The van der Waals surface area contributed by atoms with Crippen LogP contribution in [0.5, 0.6) is 0 Å². The summed E-state index contributed by atoms with van der Waals surface area (Å²) in [5.74, 6) is 0.609. The first-order valence-electron chi connectivity index (χ1n) is 5.68. The Hall–Kier alpha value is -0.520. The molecule has 1 unspecified atom stereocenters. The highest BCUT2D eigenvalue weighted by Gasteiger charge is 2.30. The van der Waals surface area contributed by atoms with Gasteiger partial charge in [0, 0.05) is 11.8 Å². The first kappa shape index (κ1) is 14.5. The molecular formula is C12H20N2OS2. The lowest BCUT2D eigenvalue weighted by Gasteiger charge is -2.29. The Morgan fingerprint density at radius 3 is 2.82 bits per heavy atom. The molecule has 0 bridgehead atoms. The first-order valence-corrected chi connectivity index (χ1v) is 7.54. The highest BCUT2D eigenvalue weighted by atomic mass is 32.2. The van der Waals surface area contributed by atoms with Crippen LogP contribution in [-0.4, -0.2) is 23.2 Å². The van der Waals surface area contributed by atoms with Crippen LogP contribution in [0.15, 0.2) is 21.7 Å². The highest BCUT2D eigenvalue weighted by Crippen LogP contribution is 2.26. The van der Waals surface area contributed by atoms with Crippen LogP contribution in [0.4, 0.5) is 0 Å². The monoisotopic (exact) mass is 272 g/mol. The molecular weight excluding hydrogens is 252 g/mol. The van der Waals surface area contributed by atoms with Crippen LogP contribution in [0, 0.1) is 0 Å². The first-order chi connectivity index (χ1) is 7.94. The van der Waals surface area contributed by atoms with Gasteiger partial charge in [-0.2, -0.15) is 0 Å². The van der Waals surface area contributed by atoms with Crippen LogP contribution >= 0.6 is 23.1 Å². The van der Waals surface area contributed by atoms with E-state index in [0.717, 1.165) is 12.2 Å². The zero-order valence-electron chi connectivity index (χ0n) is 10.5. The van der Waals surface area contributed by atoms with Crippen LogP contribution in [0.1, 0.15) is 27.2 Å². The van der Waals surface area contributed by atoms with Gasteiger partial charge in [-0.25, -0.2) is 0 Å². The van der Waals surface area contributed by atoms with Gasteiger partial charge in [-0.3, -0.25) is 4.79 Å². The van der Waals surface area contributed by atoms with Gasteiger partial charge in [0.1, 0.15) is 0 Å². The van der Waals surface area contributed by atoms with Crippen molar-refractivity contribution in [3.8, 4) is 0 Å². The molecule has 0 saturated carbocycles. The van der Waals surface area contributed by atoms with E-state index < -0.39 is 5.54 Å². The van der Waals surface area contributed by atoms with Gasteiger partial charge in [-0.15, -0.1) is 23.1 Å². The molecule has 3 nitrogen and oxygen atoms in total. The minimum atomic E-state index is -0.613. The molecule has 0 aliphatic rings. The minimum Gasteiger partial charge on any atom is -0.368 e. The largest absolute Gasteiger partial charge is 0.368 e. The summed E-state index contributed by atoms with van der Waals surface area (Å²) >= 11 is 3.49. The highest BCUT2D eigenvalue weighted by molar-refractivity contribution is 8.01. The molecule has 17 heavy (non-hydrogen) atoms. The second-order valence-electron chi connectivity index (χ2n) is 4.53. The van der Waals surface area contributed by atoms with Gasteiger partial charge in [0.25, 0.3) is 0 Å². The number of thiophene rings is 1. The third-order valence-electron chi connectivity index (χ3n) is 2.49. The second kappa shape index (κ2) is 6.42. The van der Waals surface area contributed by atoms with Crippen molar-refractivity contribution in [3.63, 3.8) is 0 Å². The topological polar surface area (TPSA) is 55.1 Å². The van der Waals surface area contributed by atoms with Gasteiger partial charge < -0.3 is 11.1 Å². The van der Waals surface area contributed by atoms with E-state index in [1.165, 1.54) is 4.21 Å². The number of carbonyl (C=O) groups excluding carboxylic acids is 1. The molecule has 96 valence electrons. The van der Waals surface area contributed by atoms with Crippen molar-refractivity contribution in [2.45, 2.75) is 43.0 Å². The summed E-state index contributed by atoms with van der Waals surface area (Å²) in [7, 11) is 0. The lowest BCUT2D eigenvalue weighted by Crippen LogP contribution is -2.55. The van der Waals surface area contributed by atoms with E-state index >= 15 is 0 Å². The van der Waals surface area contributed by atoms with Crippen molar-refractivity contribution in [1.29, 1.82) is 0 Å². The van der Waals surface area contributed by atoms with Crippen LogP contribution in [0.2, 0.25) is 0 Å². The average Bonchev–Trinajstić information content (AvgIpc) is 2.69. The van der Waals surface area contributed by atoms with E-state index in [0.29, 0.717) is 0 Å². The normalized spacial score (nSPS) is 14.8. The van der Waals surface area contributed by atoms with E-state index in [1.54, 1.807) is 23.1 Å². The van der Waals surface area contributed by atoms with Gasteiger partial charge >= 0.3 is 0 Å². The Morgan fingerprint density at radius 2 is 2.35 bits per heavy atom. The standard InChI is InChI=1S/C12H20N2OS2/c1-9(2)14-12(3,11(13)15)6-8-17-10-5-4-7-16-10/h4-5,7,9,14H,6,8H2,1-3H3,(H2,13,15). The Kier molecular flexibility index (Phi) is 5.49. The number of primary amides is 1. The van der Waals surface area contributed by atoms with Crippen molar-refractivity contribution in [2.75, 3.05) is 5.75 Å². The number of thioether (sulfide) groups is 1. The van der Waals surface area contributed by atoms with E-state index in [9.17, 15) is 4.79 Å². The molecule has 1 aromatic rings. The lowest BCUT2D eigenvalue weighted by atomic mass is 9.97. The predicted octanol–water partition coefficient (Wildman–Crippen LogP) is 2.47. The molecule has 1 atom stereocenters. The molecule has 0 fully saturated rings. The summed E-state index contributed by atoms with van der Waals surface area (Å²) < 4.78 is 1.28. The number of hydrogen-bond acceptors (Lipinski definition) is 4. The van der Waals surface area contributed by atoms with Crippen LogP contribution in [-0.2, 0) is 4.79 Å². The SMILES string of the molecule is CC(C)NC(C)(CCSc1cccs1)C(N)=O. The summed E-state index contributed by atoms with van der Waals surface area (Å²) in [5.41, 5.74) is 4.86. The zero-order chi connectivity index (χ0) is 12.9. The summed E-state index contributed by atoms with van der Waals surface area (Å²) in [5, 5.41) is 5.31. The lowest BCUT2D eigenvalue weighted by molar-refractivity contribution is -0.124. The minimum absolute atomic E-state index is 0.249. The molecule has 0 radical (unpaired) electrons. The van der Waals surface area contributed by atoms with E-state index in [-0.39, 0.29) is 11.9 Å². The number of rotatable bonds is 7. The number of carbonyl (C=O) groups is 1. The maximum Gasteiger partial charge on any atom is 0.237 e. The van der Waals surface area contributed by atoms with E-state index in [4.69, 9.17) is 5.73 Å². The fourth-order valence-electron chi connectivity index (χ4n) is 1.60. The average molecular weight is 272 g/mol. The number of amides is 1. The number of nitrogens with two attached hydrogens (primary N) is 1. The summed E-state index contributed by atoms with van der Waals surface area (Å²) in [6, 6.07) is 4.37. The van der Waals surface area contributed by atoms with Crippen molar-refractivity contribution in [1.82, 2.24) is 5.32 Å². The molecule has 1 heterocycles. The van der Waals surface area contributed by atoms with Crippen LogP contribution < -0.4 is 11.1 Å². The van der Waals surface area contributed by atoms with Gasteiger partial charge in [-0.05, 0) is 38.6 Å². The number of nitrogens with one attached hydrogen (secondary N) is 1. The van der Waals surface area contributed by atoms with Gasteiger partial charge in [0.2, 0.25) is 5.91 Å². The summed E-state index contributed by atoms with van der Waals surface area (Å²) in [6.07, 6.45) is 0.739. The summed E-state index contributed by atoms with van der Waals surface area (Å²) in [4.78, 5) is 11.5. The van der Waals surface area contributed by atoms with Gasteiger partial charge in [0.15, 0.2) is 0 Å². The molecule has 0 aromatic carbocycles. The van der Waals surface area contributed by atoms with Crippen LogP contribution in [0.25, 0.3) is 0 Å². The van der Waals surface area contributed by atoms with Crippen molar-refractivity contribution in [3.05, 3.63) is 17.5 Å². The second-order valence-corrected chi connectivity index (χ2v) is 6.87. The molecule has 3 N–H and O–H groups in total. The van der Waals surface area contributed by atoms with Crippen LogP contribution in [0.3, 0.4) is 0 Å². The Bertz CT molecular complexity index is 351. The smallest absolute Gasteiger partial charge is 0.237 e. The number of hydrogen-bond donors (Lipinski definition) is 2. The van der Waals surface area contributed by atoms with Gasteiger partial charge in [0.05, 0.1) is 9.75 Å². The van der Waals surface area contributed by atoms with E-state index in [1.807, 2.05) is 26.8 Å². The van der Waals surface area contributed by atoms with Crippen molar-refractivity contribution in [2.24, 2.45) is 5.73 Å². The Labute approximate surface area is 111 Å². The molecule has 1 aromatic heterocycles. The molecule has 0 aliphatic carbocycles. The quantitative estimate of drug-likeness (QED) is 0.750. The molecule has 0 spiro atoms. The van der Waals surface area contributed by atoms with Crippen molar-refractivity contribution >= 4 is 29.0 Å². The molecule has 0 aliphatic heterocycles. The Balaban J connectivity index is 2.47. The van der Waals surface area contributed by atoms with Crippen molar-refractivity contribution < 1.29 is 4.79 Å². The van der Waals surface area contributed by atoms with E-state index in [2.05, 4.69) is 16.8 Å². The molecule has 1 amide bonds. The van der Waals surface area contributed by atoms with Gasteiger partial charge in [-0.1, -0.05) is 6.07 Å². The third-order valence-corrected chi connectivity index (χ3v) is 4.63. The molecule has 1 rings (SSSR count). The fraction of sp³-hybridized carbons (Fsp3) is 0.583. The molecule has 0 saturated heterocycles. The third kappa shape index (κ3) is 4.69. The fourth-order valence-corrected chi connectivity index (χ4v) is 3.63. The predicted molar refractivity (Wildman–Crippen MR) is 75.5 cm³/mol.